The first-order valence-electron chi connectivity index (χ1n) is 3.27. The van der Waals surface area contributed by atoms with E-state index in [9.17, 15) is 0 Å². The van der Waals surface area contributed by atoms with Gasteiger partial charge in [-0.3, -0.25) is 5.32 Å². The van der Waals surface area contributed by atoms with Gasteiger partial charge in [0, 0.05) is 12.8 Å². The Labute approximate surface area is 49.2 Å². The molecule has 0 saturated carbocycles. The Hall–Kier alpha value is -0.370. The van der Waals surface area contributed by atoms with Crippen LogP contribution in [0.1, 0.15) is 12.8 Å². The molecule has 0 bridgehead atoms. The zero-order chi connectivity index (χ0) is 5.40. The Morgan fingerprint density at radius 2 is 2.50 bits per heavy atom. The highest BCUT2D eigenvalue weighted by molar-refractivity contribution is 5.83. The van der Waals surface area contributed by atoms with Crippen LogP contribution in [0, 0.1) is 0 Å². The summed E-state index contributed by atoms with van der Waals surface area (Å²) in [6, 6.07) is 0. The molecule has 2 aliphatic rings. The Morgan fingerprint density at radius 1 is 1.50 bits per heavy atom. The first kappa shape index (κ1) is 4.50. The van der Waals surface area contributed by atoms with Crippen LogP contribution in [0.15, 0.2) is 0 Å². The third-order valence-electron chi connectivity index (χ3n) is 1.97. The van der Waals surface area contributed by atoms with Crippen LogP contribution in [0.3, 0.4) is 0 Å². The van der Waals surface area contributed by atoms with Gasteiger partial charge in [-0.05, 0) is 0 Å². The average Bonchev–Trinajstić information content (AvgIpc) is 2.15. The van der Waals surface area contributed by atoms with E-state index in [1.165, 1.54) is 19.4 Å². The third-order valence-corrected chi connectivity index (χ3v) is 1.97. The van der Waals surface area contributed by atoms with E-state index in [4.69, 9.17) is 0 Å². The molecule has 44 valence electrons. The molecule has 0 aliphatic carbocycles. The Balaban J connectivity index is 2.23. The van der Waals surface area contributed by atoms with Gasteiger partial charge in [0.05, 0.1) is 6.54 Å². The zero-order valence-electron chi connectivity index (χ0n) is 4.98. The molecule has 0 amide bonds. The molecule has 0 saturated heterocycles. The van der Waals surface area contributed by atoms with Crippen molar-refractivity contribution < 1.29 is 4.58 Å². The maximum Gasteiger partial charge on any atom is 0.197 e. The summed E-state index contributed by atoms with van der Waals surface area (Å²) in [7, 11) is 0. The summed E-state index contributed by atoms with van der Waals surface area (Å²) < 4.78 is 2.44. The number of nitrogens with one attached hydrogen (secondary N) is 1. The van der Waals surface area contributed by atoms with Gasteiger partial charge in [0.1, 0.15) is 6.54 Å². The van der Waals surface area contributed by atoms with E-state index < -0.39 is 0 Å². The van der Waals surface area contributed by atoms with Crippen LogP contribution < -0.4 is 5.32 Å². The van der Waals surface area contributed by atoms with E-state index in [1.807, 2.05) is 0 Å². The van der Waals surface area contributed by atoms with Crippen molar-refractivity contribution in [2.45, 2.75) is 12.8 Å². The highest BCUT2D eigenvalue weighted by Gasteiger charge is 2.25. The third kappa shape index (κ3) is 0.494. The smallest absolute Gasteiger partial charge is 0.197 e. The number of nitrogens with zero attached hydrogens (tertiary/aromatic N) is 1. The predicted molar refractivity (Wildman–Crippen MR) is 32.2 cm³/mol. The first-order chi connectivity index (χ1) is 3.97. The lowest BCUT2D eigenvalue weighted by molar-refractivity contribution is -0.515. The fourth-order valence-electron chi connectivity index (χ4n) is 1.52. The summed E-state index contributed by atoms with van der Waals surface area (Å²) in [5, 5.41) is 3.31. The molecule has 0 aromatic heterocycles. The normalized spacial score (nSPS) is 27.0. The fourth-order valence-corrected chi connectivity index (χ4v) is 1.52. The van der Waals surface area contributed by atoms with E-state index in [0.29, 0.717) is 0 Å². The van der Waals surface area contributed by atoms with Gasteiger partial charge in [-0.2, -0.15) is 0 Å². The summed E-state index contributed by atoms with van der Waals surface area (Å²) in [6.45, 7) is 3.55. The largest absolute Gasteiger partial charge is 0.252 e. The molecule has 2 aliphatic heterocycles. The second kappa shape index (κ2) is 1.55. The van der Waals surface area contributed by atoms with Gasteiger partial charge in [0.2, 0.25) is 0 Å². The standard InChI is InChI=1S/C6H11N2/c1-2-6-4-7-5-8(6)3-1/h7H,1-5H2/q+1. The minimum atomic E-state index is 1.11. The Bertz CT molecular complexity index is 109. The van der Waals surface area contributed by atoms with E-state index in [1.54, 1.807) is 5.71 Å². The van der Waals surface area contributed by atoms with Crippen molar-refractivity contribution in [1.82, 2.24) is 5.32 Å². The van der Waals surface area contributed by atoms with Crippen molar-refractivity contribution in [1.29, 1.82) is 0 Å². The quantitative estimate of drug-likeness (QED) is 0.428. The van der Waals surface area contributed by atoms with Crippen molar-refractivity contribution in [3.05, 3.63) is 0 Å². The molecule has 0 aromatic rings. The predicted octanol–water partition coefficient (Wildman–Crippen LogP) is -0.206. The van der Waals surface area contributed by atoms with Crippen molar-refractivity contribution in [2.75, 3.05) is 19.8 Å². The molecule has 0 fully saturated rings. The highest BCUT2D eigenvalue weighted by Crippen LogP contribution is 2.05. The van der Waals surface area contributed by atoms with Crippen molar-refractivity contribution in [2.24, 2.45) is 0 Å². The lowest BCUT2D eigenvalue weighted by atomic mass is 10.2. The molecule has 2 heteroatoms. The first-order valence-corrected chi connectivity index (χ1v) is 3.27. The molecule has 2 rings (SSSR count). The van der Waals surface area contributed by atoms with Gasteiger partial charge in [0.15, 0.2) is 12.4 Å². The number of rotatable bonds is 0. The molecule has 2 nitrogen and oxygen atoms in total. The molecular weight excluding hydrogens is 100 g/mol. The van der Waals surface area contributed by atoms with E-state index >= 15 is 0 Å². The highest BCUT2D eigenvalue weighted by atomic mass is 15.2. The second-order valence-electron chi connectivity index (χ2n) is 2.52. The summed E-state index contributed by atoms with van der Waals surface area (Å²) in [4.78, 5) is 0. The monoisotopic (exact) mass is 111 g/mol. The van der Waals surface area contributed by atoms with Gasteiger partial charge in [-0.1, -0.05) is 0 Å². The molecule has 0 unspecified atom stereocenters. The van der Waals surface area contributed by atoms with Crippen molar-refractivity contribution in [3.63, 3.8) is 0 Å². The van der Waals surface area contributed by atoms with E-state index in [2.05, 4.69) is 9.89 Å². The van der Waals surface area contributed by atoms with Crippen molar-refractivity contribution in [3.8, 4) is 0 Å². The molecule has 1 N–H and O–H groups in total. The number of hydrogen-bond donors (Lipinski definition) is 1. The van der Waals surface area contributed by atoms with Crippen LogP contribution in [0.25, 0.3) is 0 Å². The lowest BCUT2D eigenvalue weighted by Gasteiger charge is -1.87. The van der Waals surface area contributed by atoms with Gasteiger partial charge < -0.3 is 0 Å². The summed E-state index contributed by atoms with van der Waals surface area (Å²) >= 11 is 0. The molecular formula is C6H11N2+. The van der Waals surface area contributed by atoms with Crippen molar-refractivity contribution >= 4 is 5.71 Å². The summed E-state index contributed by atoms with van der Waals surface area (Å²) in [5.74, 6) is 0. The van der Waals surface area contributed by atoms with Crippen LogP contribution in [0.2, 0.25) is 0 Å². The number of hydrogen-bond acceptors (Lipinski definition) is 1. The minimum Gasteiger partial charge on any atom is -0.252 e. The Kier molecular flexibility index (Phi) is 0.875. The van der Waals surface area contributed by atoms with Crippen LogP contribution in [-0.4, -0.2) is 30.0 Å². The molecule has 2 heterocycles. The topological polar surface area (TPSA) is 15.0 Å². The lowest BCUT2D eigenvalue weighted by Crippen LogP contribution is -2.16. The van der Waals surface area contributed by atoms with E-state index in [-0.39, 0.29) is 0 Å². The summed E-state index contributed by atoms with van der Waals surface area (Å²) in [6.07, 6.45) is 2.73. The van der Waals surface area contributed by atoms with Gasteiger partial charge in [0.25, 0.3) is 0 Å². The van der Waals surface area contributed by atoms with Crippen LogP contribution in [0.5, 0.6) is 0 Å². The van der Waals surface area contributed by atoms with E-state index in [0.717, 1.165) is 13.2 Å². The maximum atomic E-state index is 3.31. The van der Waals surface area contributed by atoms with Crippen LogP contribution in [0.4, 0.5) is 0 Å². The minimum absolute atomic E-state index is 1.11. The van der Waals surface area contributed by atoms with Gasteiger partial charge >= 0.3 is 0 Å². The fraction of sp³-hybridized carbons (Fsp3) is 0.833. The molecule has 8 heavy (non-hydrogen) atoms. The average molecular weight is 111 g/mol. The molecule has 0 radical (unpaired) electrons. The van der Waals surface area contributed by atoms with Crippen LogP contribution >= 0.6 is 0 Å². The molecule has 0 atom stereocenters. The van der Waals surface area contributed by atoms with Crippen LogP contribution in [-0.2, 0) is 0 Å². The molecule has 0 aromatic carbocycles. The SMILES string of the molecule is C1CC2=[N+](C1)CNC2. The van der Waals surface area contributed by atoms with Gasteiger partial charge in [-0.25, -0.2) is 4.58 Å². The summed E-state index contributed by atoms with van der Waals surface area (Å²) in [5.41, 5.74) is 1.63. The second-order valence-corrected chi connectivity index (χ2v) is 2.52. The maximum absolute atomic E-state index is 3.31. The molecule has 0 spiro atoms. The zero-order valence-corrected chi connectivity index (χ0v) is 4.98. The van der Waals surface area contributed by atoms with Gasteiger partial charge in [-0.15, -0.1) is 0 Å². The Morgan fingerprint density at radius 3 is 3.38 bits per heavy atom.